The maximum absolute atomic E-state index is 2.70. The average molecular weight is 1030 g/mol. The molecule has 3 heteroatoms. The molecule has 0 radical (unpaired) electrons. The second-order valence-corrected chi connectivity index (χ2v) is 36.0. The Morgan fingerprint density at radius 2 is 0.618 bits per heavy atom. The van der Waals surface area contributed by atoms with E-state index in [2.05, 4.69) is 297 Å². The number of fused-ring (bicyclic) bond motifs is 2. The monoisotopic (exact) mass is 1030 g/mol. The van der Waals surface area contributed by atoms with Crippen LogP contribution in [-0.4, -0.2) is 8.07 Å². The first-order chi connectivity index (χ1) is 34.7. The van der Waals surface area contributed by atoms with Crippen molar-refractivity contribution >= 4 is 68.9 Å². The summed E-state index contributed by atoms with van der Waals surface area (Å²) in [5.74, 6) is 0. The first-order valence-electron chi connectivity index (χ1n) is 28.9. The number of hydrogen-bond acceptors (Lipinski definition) is 2. The van der Waals surface area contributed by atoms with Crippen LogP contribution >= 0.6 is 0 Å². The Labute approximate surface area is 465 Å². The lowest BCUT2D eigenvalue weighted by Crippen LogP contribution is -2.39. The summed E-state index contributed by atoms with van der Waals surface area (Å²) in [5, 5.41) is 6.46. The standard InChI is InChI=1S/C73H100N2Si/c1-26-27-30-48-33-34-63-64(35-48)66(74(56-39-49(67(2,3)4)36-50(40-56)68(5,6)7)57-41-51(69(8,9)10)37-52(42-57)70(11,12)13)62-32-29-28-31-61(62)65(63)75(58-43-53(71(14,15)16)38-54(44-58)72(17,18)19)59-45-55(73(20,21)22)46-60(47-59)76(23,24)25/h28-29,31-47H,26-27,30H2,1-25H3. The third kappa shape index (κ3) is 12.6. The largest absolute Gasteiger partial charge is 0.309 e. The molecule has 76 heavy (non-hydrogen) atoms. The van der Waals surface area contributed by atoms with Gasteiger partial charge in [-0.15, -0.1) is 0 Å². The summed E-state index contributed by atoms with van der Waals surface area (Å²) < 4.78 is 0. The molecule has 0 N–H and O–H groups in total. The van der Waals surface area contributed by atoms with Crippen molar-refractivity contribution in [3.63, 3.8) is 0 Å². The van der Waals surface area contributed by atoms with Gasteiger partial charge in [0.05, 0.1) is 19.4 Å². The molecular formula is C73H100N2Si. The highest BCUT2D eigenvalue weighted by molar-refractivity contribution is 6.88. The minimum atomic E-state index is -1.84. The van der Waals surface area contributed by atoms with Crippen molar-refractivity contribution in [3.8, 4) is 0 Å². The predicted octanol–water partition coefficient (Wildman–Crippen LogP) is 21.9. The SMILES string of the molecule is CCCCc1ccc2c(N(c3cc(C(C)(C)C)cc(C(C)(C)C)c3)c3cc(C(C)(C)C)cc([Si](C)(C)C)c3)c3ccccc3c(N(c3cc(C(C)(C)C)cc(C(C)(C)C)c3)c3cc(C(C)(C)C)cc(C(C)(C)C)c3)c2c1. The Balaban J connectivity index is 1.81. The topological polar surface area (TPSA) is 6.48 Å². The summed E-state index contributed by atoms with van der Waals surface area (Å²) in [6.07, 6.45) is 3.30. The van der Waals surface area contributed by atoms with Crippen molar-refractivity contribution < 1.29 is 0 Å². The molecule has 406 valence electrons. The number of benzene rings is 7. The Hall–Kier alpha value is -5.12. The van der Waals surface area contributed by atoms with Crippen LogP contribution in [0.25, 0.3) is 21.5 Å². The third-order valence-corrected chi connectivity index (χ3v) is 18.0. The van der Waals surface area contributed by atoms with Gasteiger partial charge in [0.25, 0.3) is 0 Å². The molecule has 0 unspecified atom stereocenters. The fourth-order valence-corrected chi connectivity index (χ4v) is 11.6. The molecule has 0 bridgehead atoms. The highest BCUT2D eigenvalue weighted by Gasteiger charge is 2.33. The smallest absolute Gasteiger partial charge is 0.0777 e. The molecule has 0 aromatic heterocycles. The minimum Gasteiger partial charge on any atom is -0.309 e. The van der Waals surface area contributed by atoms with Crippen molar-refractivity contribution in [1.29, 1.82) is 0 Å². The number of unbranched alkanes of at least 4 members (excludes halogenated alkanes) is 1. The molecule has 0 spiro atoms. The van der Waals surface area contributed by atoms with Crippen LogP contribution in [-0.2, 0) is 44.3 Å². The van der Waals surface area contributed by atoms with Gasteiger partial charge in [-0.05, 0) is 150 Å². The lowest BCUT2D eigenvalue weighted by Gasteiger charge is -2.37. The zero-order chi connectivity index (χ0) is 56.7. The van der Waals surface area contributed by atoms with Crippen LogP contribution in [0.5, 0.6) is 0 Å². The fraction of sp³-hybridized carbons (Fsp3) is 0.479. The highest BCUT2D eigenvalue weighted by atomic mass is 28.3. The van der Waals surface area contributed by atoms with Gasteiger partial charge in [0.15, 0.2) is 0 Å². The molecule has 7 aromatic rings. The van der Waals surface area contributed by atoms with Gasteiger partial charge in [0, 0.05) is 44.3 Å². The van der Waals surface area contributed by atoms with Gasteiger partial charge in [0.2, 0.25) is 0 Å². The second kappa shape index (κ2) is 20.3. The molecule has 0 aliphatic rings. The van der Waals surface area contributed by atoms with E-state index in [0.717, 1.165) is 19.3 Å². The molecule has 7 aromatic carbocycles. The van der Waals surface area contributed by atoms with E-state index in [-0.39, 0.29) is 37.9 Å². The van der Waals surface area contributed by atoms with E-state index in [4.69, 9.17) is 0 Å². The van der Waals surface area contributed by atoms with Crippen LogP contribution in [0, 0.1) is 0 Å². The maximum atomic E-state index is 2.70. The normalized spacial score (nSPS) is 13.5. The molecule has 0 amide bonds. The van der Waals surface area contributed by atoms with E-state index >= 15 is 0 Å². The lowest BCUT2D eigenvalue weighted by molar-refractivity contribution is 0.567. The van der Waals surface area contributed by atoms with Gasteiger partial charge in [-0.2, -0.15) is 0 Å². The Kier molecular flexibility index (Phi) is 15.6. The van der Waals surface area contributed by atoms with Gasteiger partial charge in [-0.3, -0.25) is 0 Å². The molecular weight excluding hydrogens is 933 g/mol. The first kappa shape index (κ1) is 58.6. The molecule has 0 atom stereocenters. The van der Waals surface area contributed by atoms with E-state index in [9.17, 15) is 0 Å². The fourth-order valence-electron chi connectivity index (χ4n) is 10.4. The first-order valence-corrected chi connectivity index (χ1v) is 32.4. The Morgan fingerprint density at radius 1 is 0.329 bits per heavy atom. The van der Waals surface area contributed by atoms with Gasteiger partial charge in [-0.1, -0.05) is 244 Å². The average Bonchev–Trinajstić information content (AvgIpc) is 3.29. The van der Waals surface area contributed by atoms with Gasteiger partial charge < -0.3 is 9.80 Å². The van der Waals surface area contributed by atoms with Crippen LogP contribution in [0.15, 0.2) is 115 Å². The van der Waals surface area contributed by atoms with E-state index in [1.54, 1.807) is 0 Å². The molecule has 0 saturated heterocycles. The summed E-state index contributed by atoms with van der Waals surface area (Å²) in [4.78, 5) is 5.39. The highest BCUT2D eigenvalue weighted by Crippen LogP contribution is 2.54. The van der Waals surface area contributed by atoms with Crippen LogP contribution in [0.1, 0.15) is 210 Å². The van der Waals surface area contributed by atoms with Gasteiger partial charge in [-0.25, -0.2) is 0 Å². The number of rotatable bonds is 10. The zero-order valence-corrected chi connectivity index (χ0v) is 53.5. The molecule has 0 fully saturated rings. The van der Waals surface area contributed by atoms with Crippen molar-refractivity contribution in [2.45, 2.75) is 229 Å². The summed E-state index contributed by atoms with van der Waals surface area (Å²) in [6.45, 7) is 59.7. The van der Waals surface area contributed by atoms with Crippen molar-refractivity contribution in [1.82, 2.24) is 0 Å². The predicted molar refractivity (Wildman–Crippen MR) is 343 cm³/mol. The van der Waals surface area contributed by atoms with Crippen molar-refractivity contribution in [2.75, 3.05) is 9.80 Å². The summed E-state index contributed by atoms with van der Waals surface area (Å²) >= 11 is 0. The number of hydrogen-bond donors (Lipinski definition) is 0. The van der Waals surface area contributed by atoms with Gasteiger partial charge in [0.1, 0.15) is 0 Å². The third-order valence-electron chi connectivity index (χ3n) is 15.9. The van der Waals surface area contributed by atoms with E-state index in [1.165, 1.54) is 105 Å². The van der Waals surface area contributed by atoms with Gasteiger partial charge >= 0.3 is 0 Å². The molecule has 0 aliphatic heterocycles. The number of anilines is 6. The zero-order valence-electron chi connectivity index (χ0n) is 52.5. The summed E-state index contributed by atoms with van der Waals surface area (Å²) in [6, 6.07) is 47.1. The quantitative estimate of drug-likeness (QED) is 0.0765. The molecule has 7 rings (SSSR count). The maximum Gasteiger partial charge on any atom is 0.0777 e. The molecule has 0 heterocycles. The van der Waals surface area contributed by atoms with Crippen molar-refractivity contribution in [3.05, 3.63) is 160 Å². The second-order valence-electron chi connectivity index (χ2n) is 31.0. The van der Waals surface area contributed by atoms with Crippen LogP contribution in [0.2, 0.25) is 19.6 Å². The number of nitrogens with zero attached hydrogens (tertiary/aromatic N) is 2. The van der Waals surface area contributed by atoms with E-state index < -0.39 is 8.07 Å². The minimum absolute atomic E-state index is 0.0659. The van der Waals surface area contributed by atoms with Crippen molar-refractivity contribution in [2.24, 2.45) is 0 Å². The lowest BCUT2D eigenvalue weighted by atomic mass is 9.79. The van der Waals surface area contributed by atoms with E-state index in [1.807, 2.05) is 0 Å². The summed E-state index contributed by atoms with van der Waals surface area (Å²) in [7, 11) is -1.84. The van der Waals surface area contributed by atoms with E-state index in [0.29, 0.717) is 0 Å². The Morgan fingerprint density at radius 3 is 0.921 bits per heavy atom. The number of aryl methyl sites for hydroxylation is 1. The molecule has 0 saturated carbocycles. The Bertz CT molecular complexity index is 2970. The van der Waals surface area contributed by atoms with Crippen LogP contribution < -0.4 is 15.0 Å². The summed E-state index contributed by atoms with van der Waals surface area (Å²) in [5.41, 5.74) is 17.5. The molecule has 0 aliphatic carbocycles. The van der Waals surface area contributed by atoms with Crippen LogP contribution in [0.3, 0.4) is 0 Å². The molecule has 2 nitrogen and oxygen atoms in total. The van der Waals surface area contributed by atoms with Crippen LogP contribution in [0.4, 0.5) is 34.1 Å².